The minimum atomic E-state index is -7.79. The van der Waals surface area contributed by atoms with Gasteiger partial charge in [-0.25, -0.2) is 8.78 Å². The molecule has 1 heterocycles. The maximum atomic E-state index is 14.3. The summed E-state index contributed by atoms with van der Waals surface area (Å²) in [6.07, 6.45) is -43.5. The Hall–Kier alpha value is -1.69. The van der Waals surface area contributed by atoms with E-state index in [1.807, 2.05) is 0 Å². The summed E-state index contributed by atoms with van der Waals surface area (Å²) >= 11 is 0. The van der Waals surface area contributed by atoms with Crippen LogP contribution in [-0.2, 0) is 9.47 Å². The lowest BCUT2D eigenvalue weighted by Crippen LogP contribution is -2.66. The molecule has 0 spiro atoms. The van der Waals surface area contributed by atoms with E-state index in [1.165, 1.54) is 0 Å². The fourth-order valence-corrected chi connectivity index (χ4v) is 2.94. The van der Waals surface area contributed by atoms with E-state index in [0.29, 0.717) is 0 Å². The van der Waals surface area contributed by atoms with Crippen molar-refractivity contribution < 1.29 is 84.1 Å². The Morgan fingerprint density at radius 2 is 1.03 bits per heavy atom. The van der Waals surface area contributed by atoms with Crippen LogP contribution in [0.5, 0.6) is 0 Å². The fourth-order valence-electron chi connectivity index (χ4n) is 2.94. The van der Waals surface area contributed by atoms with E-state index < -0.39 is 85.2 Å². The Balaban J connectivity index is 4.05. The van der Waals surface area contributed by atoms with E-state index in [-0.39, 0.29) is 0 Å². The molecule has 19 heteroatoms. The third kappa shape index (κ3) is 4.72. The number of halogens is 17. The second-order valence-corrected chi connectivity index (χ2v) is 7.11. The van der Waals surface area contributed by atoms with Gasteiger partial charge in [0, 0.05) is 0 Å². The predicted octanol–water partition coefficient (Wildman–Crippen LogP) is 6.91. The molecule has 1 rings (SSSR count). The minimum absolute atomic E-state index is 0.723. The van der Waals surface area contributed by atoms with Crippen LogP contribution >= 0.6 is 0 Å². The molecule has 34 heavy (non-hydrogen) atoms. The van der Waals surface area contributed by atoms with Crippen molar-refractivity contribution in [3.63, 3.8) is 0 Å². The van der Waals surface area contributed by atoms with Crippen LogP contribution in [0.2, 0.25) is 0 Å². The zero-order valence-corrected chi connectivity index (χ0v) is 16.0. The molecule has 1 aliphatic rings. The SMILES string of the molecule is CCC1(C(OC=C(C(F)(C(F)(F)F)C(F)(F)F)C(F)(C(F)(F)F)C(F)(F)F)C(F)(F)F)COC1. The third-order valence-electron chi connectivity index (χ3n) is 4.96. The minimum Gasteiger partial charge on any atom is -0.488 e. The van der Waals surface area contributed by atoms with E-state index in [0.717, 1.165) is 6.92 Å². The molecule has 202 valence electrons. The van der Waals surface area contributed by atoms with Gasteiger partial charge in [0.2, 0.25) is 6.10 Å². The fraction of sp³-hybridized carbons (Fsp3) is 0.867. The second kappa shape index (κ2) is 8.46. The molecule has 1 saturated heterocycles. The van der Waals surface area contributed by atoms with Gasteiger partial charge in [-0.1, -0.05) is 6.92 Å². The smallest absolute Gasteiger partial charge is 0.435 e. The first-order valence-electron chi connectivity index (χ1n) is 8.40. The highest BCUT2D eigenvalue weighted by Crippen LogP contribution is 2.61. The van der Waals surface area contributed by atoms with Crippen LogP contribution in [0.3, 0.4) is 0 Å². The van der Waals surface area contributed by atoms with Crippen LogP contribution in [-0.4, -0.2) is 61.5 Å². The summed E-state index contributed by atoms with van der Waals surface area (Å²) in [7, 11) is 0. The van der Waals surface area contributed by atoms with Gasteiger partial charge in [-0.2, -0.15) is 65.9 Å². The lowest BCUT2D eigenvalue weighted by atomic mass is 9.77. The largest absolute Gasteiger partial charge is 0.488 e. The first kappa shape index (κ1) is 30.3. The van der Waals surface area contributed by atoms with Crippen molar-refractivity contribution in [2.45, 2.75) is 61.7 Å². The van der Waals surface area contributed by atoms with Crippen LogP contribution in [0.25, 0.3) is 0 Å². The first-order chi connectivity index (χ1) is 14.7. The Morgan fingerprint density at radius 1 is 0.706 bits per heavy atom. The average Bonchev–Trinajstić information content (AvgIpc) is 2.53. The second-order valence-electron chi connectivity index (χ2n) is 7.11. The van der Waals surface area contributed by atoms with Gasteiger partial charge in [-0.3, -0.25) is 0 Å². The molecule has 1 atom stereocenters. The molecular weight excluding hydrogens is 535 g/mol. The summed E-state index contributed by atoms with van der Waals surface area (Å²) < 4.78 is 232. The summed E-state index contributed by atoms with van der Waals surface area (Å²) in [5, 5.41) is 0. The van der Waals surface area contributed by atoms with Gasteiger partial charge < -0.3 is 9.47 Å². The predicted molar refractivity (Wildman–Crippen MR) is 74.5 cm³/mol. The molecule has 1 aliphatic heterocycles. The summed E-state index contributed by atoms with van der Waals surface area (Å²) in [6, 6.07) is 0. The Morgan fingerprint density at radius 3 is 1.21 bits per heavy atom. The van der Waals surface area contributed by atoms with Crippen LogP contribution in [0.15, 0.2) is 11.8 Å². The first-order valence-corrected chi connectivity index (χ1v) is 8.40. The van der Waals surface area contributed by atoms with E-state index in [9.17, 15) is 74.6 Å². The molecule has 0 radical (unpaired) electrons. The highest BCUT2D eigenvalue weighted by Gasteiger charge is 2.86. The Kier molecular flexibility index (Phi) is 7.55. The third-order valence-corrected chi connectivity index (χ3v) is 4.96. The van der Waals surface area contributed by atoms with Gasteiger partial charge in [0.1, 0.15) is 0 Å². The summed E-state index contributed by atoms with van der Waals surface area (Å²) in [5.74, 6) is 0. The summed E-state index contributed by atoms with van der Waals surface area (Å²) in [6.45, 7) is -1.09. The molecule has 0 saturated carbocycles. The van der Waals surface area contributed by atoms with E-state index >= 15 is 0 Å². The van der Waals surface area contributed by atoms with Crippen molar-refractivity contribution in [3.8, 4) is 0 Å². The van der Waals surface area contributed by atoms with Crippen molar-refractivity contribution in [2.24, 2.45) is 5.41 Å². The highest BCUT2D eigenvalue weighted by molar-refractivity contribution is 5.35. The zero-order chi connectivity index (χ0) is 27.4. The van der Waals surface area contributed by atoms with Crippen LogP contribution in [0.1, 0.15) is 13.3 Å². The standard InChI is InChI=1S/C15H11F17O2/c1-2-8(4-33-5-8)7(11(18,19)20)34-3-6(9(16,12(21,22)23)13(24,25)26)10(17,14(27,28)29)15(30,31)32/h3,7H,2,4-5H2,1H3. The van der Waals surface area contributed by atoms with Crippen molar-refractivity contribution in [1.82, 2.24) is 0 Å². The highest BCUT2D eigenvalue weighted by atomic mass is 19.4. The van der Waals surface area contributed by atoms with Crippen LogP contribution in [0.4, 0.5) is 74.6 Å². The number of hydrogen-bond donors (Lipinski definition) is 0. The van der Waals surface area contributed by atoms with E-state index in [2.05, 4.69) is 9.47 Å². The molecule has 1 unspecified atom stereocenters. The van der Waals surface area contributed by atoms with E-state index in [1.54, 1.807) is 0 Å². The number of ether oxygens (including phenoxy) is 2. The van der Waals surface area contributed by atoms with Crippen molar-refractivity contribution in [3.05, 3.63) is 11.8 Å². The molecule has 0 aromatic carbocycles. The van der Waals surface area contributed by atoms with E-state index in [4.69, 9.17) is 0 Å². The van der Waals surface area contributed by atoms with Crippen molar-refractivity contribution in [1.29, 1.82) is 0 Å². The molecule has 2 nitrogen and oxygen atoms in total. The molecule has 0 bridgehead atoms. The summed E-state index contributed by atoms with van der Waals surface area (Å²) in [5.41, 5.74) is -22.9. The lowest BCUT2D eigenvalue weighted by molar-refractivity contribution is -0.365. The Bertz CT molecular complexity index is 674. The number of alkyl halides is 17. The van der Waals surface area contributed by atoms with Gasteiger partial charge in [0.05, 0.1) is 30.5 Å². The molecule has 0 N–H and O–H groups in total. The van der Waals surface area contributed by atoms with Gasteiger partial charge in [0.15, 0.2) is 0 Å². The molecule has 0 aliphatic carbocycles. The molecule has 0 amide bonds. The molecule has 0 aromatic rings. The van der Waals surface area contributed by atoms with Crippen molar-refractivity contribution >= 4 is 0 Å². The molecular formula is C15H11F17O2. The van der Waals surface area contributed by atoms with Gasteiger partial charge >= 0.3 is 42.2 Å². The molecule has 1 fully saturated rings. The van der Waals surface area contributed by atoms with Crippen molar-refractivity contribution in [2.75, 3.05) is 13.2 Å². The van der Waals surface area contributed by atoms with Gasteiger partial charge in [0.25, 0.3) is 0 Å². The molecule has 0 aromatic heterocycles. The number of allylic oxidation sites excluding steroid dienone is 1. The quantitative estimate of drug-likeness (QED) is 0.267. The van der Waals surface area contributed by atoms with Crippen LogP contribution in [0, 0.1) is 5.41 Å². The topological polar surface area (TPSA) is 18.5 Å². The Labute approximate surface area is 177 Å². The van der Waals surface area contributed by atoms with Gasteiger partial charge in [-0.05, 0) is 6.42 Å². The normalized spacial score (nSPS) is 19.4. The number of rotatable bonds is 6. The monoisotopic (exact) mass is 546 g/mol. The summed E-state index contributed by atoms with van der Waals surface area (Å²) in [4.78, 5) is 0. The van der Waals surface area contributed by atoms with Crippen LogP contribution < -0.4 is 0 Å². The maximum absolute atomic E-state index is 14.3. The average molecular weight is 546 g/mol. The number of hydrogen-bond acceptors (Lipinski definition) is 2. The zero-order valence-electron chi connectivity index (χ0n) is 16.0. The lowest BCUT2D eigenvalue weighted by Gasteiger charge is -2.46. The van der Waals surface area contributed by atoms with Gasteiger partial charge in [-0.15, -0.1) is 0 Å². The maximum Gasteiger partial charge on any atom is 0.435 e.